The molecule has 0 amide bonds. The van der Waals surface area contributed by atoms with Gasteiger partial charge in [-0.25, -0.2) is 29.9 Å². The molecule has 293 valence electrons. The fourth-order valence-electron chi connectivity index (χ4n) is 4.53. The number of aromatic nitrogens is 12. The third-order valence-corrected chi connectivity index (χ3v) is 6.90. The van der Waals surface area contributed by atoms with Gasteiger partial charge in [0.15, 0.2) is 34.9 Å². The number of hydrogen-bond acceptors (Lipinski definition) is 16. The molecule has 0 spiro atoms. The van der Waals surface area contributed by atoms with Crippen LogP contribution < -0.4 is 0 Å². The van der Waals surface area contributed by atoms with E-state index in [1.165, 1.54) is 10.3 Å². The van der Waals surface area contributed by atoms with Gasteiger partial charge in [0.1, 0.15) is 0 Å². The third kappa shape index (κ3) is 15.4. The zero-order valence-corrected chi connectivity index (χ0v) is 34.0. The fraction of sp³-hybridized carbons (Fsp3) is 0.0500. The molecule has 8 rings (SSSR count). The van der Waals surface area contributed by atoms with Gasteiger partial charge >= 0.3 is 17.1 Å². The van der Waals surface area contributed by atoms with Crippen molar-refractivity contribution in [2.75, 3.05) is 14.2 Å². The van der Waals surface area contributed by atoms with Crippen molar-refractivity contribution in [3.8, 4) is 68.3 Å². The Morgan fingerprint density at radius 3 is 0.525 bits per heavy atom. The minimum Gasteiger partial charge on any atom is -0.753 e. The zero-order chi connectivity index (χ0) is 41.8. The Hall–Kier alpha value is -7.04. The Bertz CT molecular complexity index is 1990. The first-order valence-corrected chi connectivity index (χ1v) is 17.3. The Morgan fingerprint density at radius 2 is 0.424 bits per heavy atom. The van der Waals surface area contributed by atoms with Crippen molar-refractivity contribution in [2.45, 2.75) is 0 Å². The summed E-state index contributed by atoms with van der Waals surface area (Å²) in [5, 5.41) is 30.9. The number of thiocarbonyl (C=S) groups is 2. The second-order valence-corrected chi connectivity index (χ2v) is 10.6. The number of rotatable bonds is 6. The largest absolute Gasteiger partial charge is 2.00 e. The molecular weight excluding hydrogens is 828 g/mol. The topological polar surface area (TPSA) is 240 Å². The van der Waals surface area contributed by atoms with Crippen LogP contribution in [-0.4, -0.2) is 94.6 Å². The molecule has 0 fully saturated rings. The van der Waals surface area contributed by atoms with E-state index in [-0.39, 0.29) is 17.1 Å². The van der Waals surface area contributed by atoms with E-state index in [1.54, 1.807) is 74.4 Å². The van der Waals surface area contributed by atoms with Gasteiger partial charge in [0.25, 0.3) is 0 Å². The number of nitrogens with zero attached hydrogens (tertiary/aromatic N) is 14. The first-order valence-electron chi connectivity index (χ1n) is 16.5. The van der Waals surface area contributed by atoms with E-state index in [9.17, 15) is 0 Å². The summed E-state index contributed by atoms with van der Waals surface area (Å²) in [5.74, 6) is 3.62. The summed E-state index contributed by atoms with van der Waals surface area (Å²) in [5.41, 5.74) is 5.32. The monoisotopic (exact) mass is 859 g/mol. The first kappa shape index (κ1) is 48.1. The molecule has 0 saturated carbocycles. The van der Waals surface area contributed by atoms with Crippen LogP contribution in [0.3, 0.4) is 0 Å². The van der Waals surface area contributed by atoms with Gasteiger partial charge in [-0.2, -0.15) is 10.3 Å². The van der Waals surface area contributed by atoms with Crippen molar-refractivity contribution in [2.24, 2.45) is 0 Å². The van der Waals surface area contributed by atoms with Gasteiger partial charge in [-0.15, -0.1) is 0 Å². The number of aliphatic hydroxyl groups excluding tert-OH is 2. The Labute approximate surface area is 360 Å². The van der Waals surface area contributed by atoms with Crippen LogP contribution in [0.15, 0.2) is 147 Å². The fourth-order valence-corrected chi connectivity index (χ4v) is 4.53. The molecule has 8 aromatic rings. The minimum absolute atomic E-state index is 0. The van der Waals surface area contributed by atoms with Gasteiger partial charge in [0.05, 0.1) is 0 Å². The molecular formula is C40H32MnN14O2S2. The standard InChI is InChI=1S/2C18H12N6.2CNS.2CH4O.Mn/c2*1-7-19-8-2-13(1)16-22-17(14-3-9-20-10-4-14)24-18(23-16)15-5-11-21-12-6-15;2*2-1-3;2*1-2;/h2*1-12H;;;2*2H,1H3;/q;;2*-1;;;+2. The number of isothiocyanates is 2. The average Bonchev–Trinajstić information content (AvgIpc) is 3.32. The molecule has 0 aliphatic heterocycles. The smallest absolute Gasteiger partial charge is 0.753 e. The van der Waals surface area contributed by atoms with Gasteiger partial charge in [-0.1, -0.05) is 24.4 Å². The van der Waals surface area contributed by atoms with E-state index < -0.39 is 0 Å². The molecule has 59 heavy (non-hydrogen) atoms. The van der Waals surface area contributed by atoms with E-state index in [2.05, 4.69) is 84.2 Å². The van der Waals surface area contributed by atoms with Crippen LogP contribution in [0.25, 0.3) is 79.1 Å². The van der Waals surface area contributed by atoms with E-state index in [0.717, 1.165) is 47.6 Å². The van der Waals surface area contributed by atoms with Gasteiger partial charge in [0, 0.05) is 122 Å². The van der Waals surface area contributed by atoms with Crippen molar-refractivity contribution in [3.05, 3.63) is 158 Å². The Morgan fingerprint density at radius 1 is 0.322 bits per heavy atom. The molecule has 16 nitrogen and oxygen atoms in total. The molecule has 0 aromatic carbocycles. The van der Waals surface area contributed by atoms with E-state index >= 15 is 0 Å². The Balaban J connectivity index is 0.000000330. The third-order valence-electron chi connectivity index (χ3n) is 6.90. The average molecular weight is 860 g/mol. The minimum atomic E-state index is 0. The normalized spacial score (nSPS) is 9.02. The van der Waals surface area contributed by atoms with Gasteiger partial charge in [0.2, 0.25) is 0 Å². The summed E-state index contributed by atoms with van der Waals surface area (Å²) in [7, 11) is 2.00. The Kier molecular flexibility index (Phi) is 23.1. The molecule has 2 N–H and O–H groups in total. The molecule has 0 bridgehead atoms. The maximum absolute atomic E-state index is 7.13. The summed E-state index contributed by atoms with van der Waals surface area (Å²) in [6, 6.07) is 22.5. The van der Waals surface area contributed by atoms with Crippen molar-refractivity contribution in [1.82, 2.24) is 59.8 Å². The van der Waals surface area contributed by atoms with Crippen molar-refractivity contribution in [1.29, 1.82) is 0 Å². The first-order chi connectivity index (χ1) is 28.6. The second kappa shape index (κ2) is 28.4. The molecule has 8 aromatic heterocycles. The van der Waals surface area contributed by atoms with Crippen LogP contribution in [0.1, 0.15) is 0 Å². The molecule has 0 aliphatic carbocycles. The number of aliphatic hydroxyl groups is 2. The van der Waals surface area contributed by atoms with E-state index in [1.807, 2.05) is 72.8 Å². The summed E-state index contributed by atoms with van der Waals surface area (Å²) < 4.78 is 0. The molecule has 0 unspecified atom stereocenters. The predicted octanol–water partition coefficient (Wildman–Crippen LogP) is 6.65. The SMILES string of the molecule is CO.CO.[Mn+2].[N-]=C=S.[N-]=C=S.c1cc(-c2nc(-c3ccncc3)nc(-c3ccncc3)n2)ccn1.c1cc(-c2nc(-c3ccncc3)nc(-c3ccncc3)n2)ccn1. The summed E-state index contributed by atoms with van der Waals surface area (Å²) in [6.45, 7) is 0. The number of pyridine rings is 6. The molecule has 8 heterocycles. The molecule has 0 atom stereocenters. The predicted molar refractivity (Wildman–Crippen MR) is 227 cm³/mol. The molecule has 19 heteroatoms. The van der Waals surface area contributed by atoms with Crippen LogP contribution >= 0.6 is 24.4 Å². The van der Waals surface area contributed by atoms with Crippen LogP contribution in [0, 0.1) is 0 Å². The summed E-state index contributed by atoms with van der Waals surface area (Å²) in [4.78, 5) is 51.9. The van der Waals surface area contributed by atoms with Gasteiger partial charge in [-0.3, -0.25) is 29.9 Å². The van der Waals surface area contributed by atoms with Crippen LogP contribution in [0.2, 0.25) is 0 Å². The van der Waals surface area contributed by atoms with Crippen LogP contribution in [0.4, 0.5) is 0 Å². The van der Waals surface area contributed by atoms with Crippen molar-refractivity contribution < 1.29 is 27.3 Å². The van der Waals surface area contributed by atoms with Gasteiger partial charge < -0.3 is 21.0 Å². The maximum Gasteiger partial charge on any atom is 2.00 e. The van der Waals surface area contributed by atoms with Gasteiger partial charge in [-0.05, 0) is 72.8 Å². The van der Waals surface area contributed by atoms with E-state index in [4.69, 9.17) is 21.0 Å². The molecule has 0 saturated heterocycles. The summed E-state index contributed by atoms with van der Waals surface area (Å²) in [6.07, 6.45) is 20.6. The zero-order valence-electron chi connectivity index (χ0n) is 31.2. The second-order valence-electron chi connectivity index (χ2n) is 10.2. The molecule has 0 aliphatic rings. The maximum atomic E-state index is 7.13. The molecule has 1 radical (unpaired) electrons. The van der Waals surface area contributed by atoms with Crippen LogP contribution in [-0.2, 0) is 17.1 Å². The van der Waals surface area contributed by atoms with Crippen molar-refractivity contribution >= 4 is 34.8 Å². The summed E-state index contributed by atoms with van der Waals surface area (Å²) >= 11 is 7.40. The van der Waals surface area contributed by atoms with Crippen LogP contribution in [0.5, 0.6) is 0 Å². The van der Waals surface area contributed by atoms with Crippen molar-refractivity contribution in [3.63, 3.8) is 0 Å². The number of hydrogen-bond donors (Lipinski definition) is 2. The quantitative estimate of drug-likeness (QED) is 0.101. The van der Waals surface area contributed by atoms with E-state index in [0.29, 0.717) is 34.9 Å².